The lowest BCUT2D eigenvalue weighted by molar-refractivity contribution is -0.224. The summed E-state index contributed by atoms with van der Waals surface area (Å²) in [7, 11) is 0. The second-order valence-corrected chi connectivity index (χ2v) is 11.5. The number of hydrogen-bond donors (Lipinski definition) is 2. The Labute approximate surface area is 186 Å². The van der Waals surface area contributed by atoms with Crippen molar-refractivity contribution in [2.45, 2.75) is 110 Å². The Kier molecular flexibility index (Phi) is 5.74. The maximum absolute atomic E-state index is 11.7. The van der Waals surface area contributed by atoms with Crippen LogP contribution < -0.4 is 0 Å². The molecular formula is C25H40O6. The van der Waals surface area contributed by atoms with Crippen molar-refractivity contribution in [3.63, 3.8) is 0 Å². The summed E-state index contributed by atoms with van der Waals surface area (Å²) in [4.78, 5) is 23.0. The van der Waals surface area contributed by atoms with Crippen molar-refractivity contribution in [1.29, 1.82) is 0 Å². The minimum absolute atomic E-state index is 0.000671. The minimum atomic E-state index is -1.11. The van der Waals surface area contributed by atoms with Crippen molar-refractivity contribution in [2.24, 2.45) is 34.5 Å². The summed E-state index contributed by atoms with van der Waals surface area (Å²) in [5.41, 5.74) is -1.55. The van der Waals surface area contributed by atoms with Crippen LogP contribution in [0.15, 0.2) is 0 Å². The molecule has 0 aliphatic heterocycles. The van der Waals surface area contributed by atoms with Gasteiger partial charge in [0.05, 0.1) is 6.10 Å². The molecule has 4 fully saturated rings. The Morgan fingerprint density at radius 1 is 1.03 bits per heavy atom. The smallest absolute Gasteiger partial charge is 0.302 e. The number of carbonyl (C=O) groups is 2. The van der Waals surface area contributed by atoms with Gasteiger partial charge in [0.25, 0.3) is 0 Å². The highest BCUT2D eigenvalue weighted by molar-refractivity contribution is 5.66. The van der Waals surface area contributed by atoms with E-state index in [1.54, 1.807) is 6.92 Å². The van der Waals surface area contributed by atoms with E-state index < -0.39 is 23.2 Å². The molecule has 0 heterocycles. The zero-order valence-electron chi connectivity index (χ0n) is 19.7. The molecule has 10 atom stereocenters. The van der Waals surface area contributed by atoms with Gasteiger partial charge in [0, 0.05) is 19.3 Å². The molecule has 176 valence electrons. The summed E-state index contributed by atoms with van der Waals surface area (Å²) in [6, 6.07) is 0. The molecule has 4 saturated carbocycles. The van der Waals surface area contributed by atoms with Crippen LogP contribution >= 0.6 is 0 Å². The fourth-order valence-electron chi connectivity index (χ4n) is 8.74. The lowest BCUT2D eigenvalue weighted by atomic mass is 9.43. The normalized spacial score (nSPS) is 49.9. The molecule has 0 radical (unpaired) electrons. The highest BCUT2D eigenvalue weighted by Crippen LogP contribution is 2.68. The van der Waals surface area contributed by atoms with Gasteiger partial charge in [-0.2, -0.15) is 0 Å². The number of aliphatic hydroxyl groups is 2. The van der Waals surface area contributed by atoms with E-state index in [1.807, 2.05) is 0 Å². The molecule has 0 aromatic rings. The molecular weight excluding hydrogens is 396 g/mol. The van der Waals surface area contributed by atoms with Crippen molar-refractivity contribution in [3.05, 3.63) is 0 Å². The van der Waals surface area contributed by atoms with Gasteiger partial charge in [-0.3, -0.25) is 9.59 Å². The van der Waals surface area contributed by atoms with Crippen molar-refractivity contribution in [3.8, 4) is 0 Å². The predicted octanol–water partition coefficient (Wildman–Crippen LogP) is 3.61. The summed E-state index contributed by atoms with van der Waals surface area (Å²) in [5.74, 6) is 0.745. The zero-order valence-corrected chi connectivity index (χ0v) is 19.7. The Bertz CT molecular complexity index is 738. The van der Waals surface area contributed by atoms with E-state index in [0.29, 0.717) is 30.6 Å². The largest absolute Gasteiger partial charge is 0.463 e. The van der Waals surface area contributed by atoms with Gasteiger partial charge in [0.1, 0.15) is 17.8 Å². The van der Waals surface area contributed by atoms with E-state index in [2.05, 4.69) is 13.8 Å². The van der Waals surface area contributed by atoms with Crippen molar-refractivity contribution < 1.29 is 29.3 Å². The van der Waals surface area contributed by atoms with Gasteiger partial charge >= 0.3 is 11.9 Å². The zero-order chi connectivity index (χ0) is 22.8. The average molecular weight is 437 g/mol. The highest BCUT2D eigenvalue weighted by atomic mass is 16.6. The predicted molar refractivity (Wildman–Crippen MR) is 115 cm³/mol. The first-order valence-corrected chi connectivity index (χ1v) is 12.2. The van der Waals surface area contributed by atoms with E-state index in [9.17, 15) is 19.8 Å². The molecule has 4 aliphatic rings. The SMILES string of the molecule is CC(=O)OC(C)C1(O)CCC2C3CCC4C[C@H](OC(C)=O)CCC4(C)C3C(O)CC21C. The molecule has 0 spiro atoms. The molecule has 0 saturated heterocycles. The number of carbonyl (C=O) groups excluding carboxylic acids is 2. The second kappa shape index (κ2) is 7.72. The van der Waals surface area contributed by atoms with Crippen LogP contribution in [-0.4, -0.2) is 46.1 Å². The summed E-state index contributed by atoms with van der Waals surface area (Å²) in [5, 5.41) is 23.3. The molecule has 0 bridgehead atoms. The van der Waals surface area contributed by atoms with Crippen LogP contribution in [0.3, 0.4) is 0 Å². The van der Waals surface area contributed by atoms with Crippen molar-refractivity contribution >= 4 is 11.9 Å². The molecule has 2 N–H and O–H groups in total. The topological polar surface area (TPSA) is 93.1 Å². The molecule has 6 nitrogen and oxygen atoms in total. The van der Waals surface area contributed by atoms with Crippen LogP contribution in [0.25, 0.3) is 0 Å². The van der Waals surface area contributed by atoms with Crippen LogP contribution in [0.1, 0.15) is 86.0 Å². The monoisotopic (exact) mass is 436 g/mol. The summed E-state index contributed by atoms with van der Waals surface area (Å²) < 4.78 is 11.0. The number of esters is 2. The van der Waals surface area contributed by atoms with Crippen LogP contribution in [0.2, 0.25) is 0 Å². The van der Waals surface area contributed by atoms with E-state index in [4.69, 9.17) is 9.47 Å². The molecule has 0 amide bonds. The van der Waals surface area contributed by atoms with Gasteiger partial charge < -0.3 is 19.7 Å². The number of hydrogen-bond acceptors (Lipinski definition) is 6. The highest BCUT2D eigenvalue weighted by Gasteiger charge is 2.68. The Balaban J connectivity index is 1.59. The molecule has 31 heavy (non-hydrogen) atoms. The lowest BCUT2D eigenvalue weighted by Crippen LogP contribution is -2.63. The van der Waals surface area contributed by atoms with Crippen LogP contribution in [0.4, 0.5) is 0 Å². The second-order valence-electron chi connectivity index (χ2n) is 11.5. The van der Waals surface area contributed by atoms with Crippen LogP contribution in [0.5, 0.6) is 0 Å². The maximum Gasteiger partial charge on any atom is 0.302 e. The van der Waals surface area contributed by atoms with E-state index in [-0.39, 0.29) is 29.4 Å². The third kappa shape index (κ3) is 3.43. The van der Waals surface area contributed by atoms with Gasteiger partial charge in [0.2, 0.25) is 0 Å². The van der Waals surface area contributed by atoms with Gasteiger partial charge in [-0.1, -0.05) is 13.8 Å². The van der Waals surface area contributed by atoms with Crippen LogP contribution in [-0.2, 0) is 19.1 Å². The first-order valence-electron chi connectivity index (χ1n) is 12.2. The average Bonchev–Trinajstić information content (AvgIpc) is 2.92. The van der Waals surface area contributed by atoms with Gasteiger partial charge in [-0.25, -0.2) is 0 Å². The third-order valence-corrected chi connectivity index (χ3v) is 10.1. The van der Waals surface area contributed by atoms with Gasteiger partial charge in [0.15, 0.2) is 0 Å². The van der Waals surface area contributed by atoms with Gasteiger partial charge in [-0.15, -0.1) is 0 Å². The molecule has 4 rings (SSSR count). The molecule has 0 aromatic carbocycles. The maximum atomic E-state index is 11.7. The third-order valence-electron chi connectivity index (χ3n) is 10.1. The summed E-state index contributed by atoms with van der Waals surface area (Å²) in [6.07, 6.45) is 5.80. The Morgan fingerprint density at radius 3 is 2.39 bits per heavy atom. The fourth-order valence-corrected chi connectivity index (χ4v) is 8.74. The molecule has 9 unspecified atom stereocenters. The number of ether oxygens (including phenoxy) is 2. The summed E-state index contributed by atoms with van der Waals surface area (Å²) >= 11 is 0. The van der Waals surface area contributed by atoms with Gasteiger partial charge in [-0.05, 0) is 87.4 Å². The minimum Gasteiger partial charge on any atom is -0.463 e. The standard InChI is InChI=1S/C25H40O6/c1-14(30-15(2)26)25(29)11-9-20-19-7-6-17-12-18(31-16(3)27)8-10-23(17,4)22(19)21(28)13-24(20,25)5/h14,17-22,28-29H,6-13H2,1-5H3/t14?,17?,18-,19?,20?,21?,22?,23?,24?,25?/m1/s1. The molecule has 4 aliphatic carbocycles. The first kappa shape index (κ1) is 23.0. The lowest BCUT2D eigenvalue weighted by Gasteiger charge is -2.63. The molecule has 6 heteroatoms. The summed E-state index contributed by atoms with van der Waals surface area (Å²) in [6.45, 7) is 9.11. The number of fused-ring (bicyclic) bond motifs is 5. The Hall–Kier alpha value is -1.14. The van der Waals surface area contributed by atoms with E-state index in [0.717, 1.165) is 38.5 Å². The number of aliphatic hydroxyl groups excluding tert-OH is 1. The van der Waals surface area contributed by atoms with E-state index >= 15 is 0 Å². The molecule has 0 aromatic heterocycles. The van der Waals surface area contributed by atoms with Crippen molar-refractivity contribution in [2.75, 3.05) is 0 Å². The van der Waals surface area contributed by atoms with Crippen molar-refractivity contribution in [1.82, 2.24) is 0 Å². The fraction of sp³-hybridized carbons (Fsp3) is 0.920. The van der Waals surface area contributed by atoms with E-state index in [1.165, 1.54) is 13.8 Å². The quantitative estimate of drug-likeness (QED) is 0.657. The van der Waals surface area contributed by atoms with Crippen LogP contribution in [0, 0.1) is 34.5 Å². The first-order chi connectivity index (χ1) is 14.4. The Morgan fingerprint density at radius 2 is 1.74 bits per heavy atom. The number of rotatable bonds is 3.